The highest BCUT2D eigenvalue weighted by Crippen LogP contribution is 2.29. The van der Waals surface area contributed by atoms with Crippen LogP contribution in [0.2, 0.25) is 0 Å². The van der Waals surface area contributed by atoms with E-state index in [4.69, 9.17) is 4.74 Å². The van der Waals surface area contributed by atoms with Crippen LogP contribution in [0, 0.1) is 13.8 Å². The molecule has 0 unspecified atom stereocenters. The highest BCUT2D eigenvalue weighted by molar-refractivity contribution is 5.80. The van der Waals surface area contributed by atoms with E-state index in [0.29, 0.717) is 43.1 Å². The Labute approximate surface area is 139 Å². The Morgan fingerprint density at radius 1 is 1.33 bits per heavy atom. The summed E-state index contributed by atoms with van der Waals surface area (Å²) in [6.07, 6.45) is 0.719. The SMILES string of the molecule is Cc1nc(C)c(CC(=O)N2CC[C@]3(CN(C)C(=O)CO3)C2)c(=O)[nH]1. The van der Waals surface area contributed by atoms with E-state index in [1.165, 1.54) is 0 Å². The molecule has 3 rings (SSSR count). The number of hydrogen-bond acceptors (Lipinski definition) is 5. The molecule has 3 heterocycles. The van der Waals surface area contributed by atoms with Gasteiger partial charge in [-0.2, -0.15) is 0 Å². The third-order valence-electron chi connectivity index (χ3n) is 4.79. The minimum atomic E-state index is -0.481. The largest absolute Gasteiger partial charge is 0.361 e. The molecule has 2 amide bonds. The van der Waals surface area contributed by atoms with Gasteiger partial charge in [-0.25, -0.2) is 4.98 Å². The maximum absolute atomic E-state index is 12.6. The summed E-state index contributed by atoms with van der Waals surface area (Å²) in [6.45, 7) is 5.00. The van der Waals surface area contributed by atoms with Gasteiger partial charge in [0.05, 0.1) is 19.5 Å². The van der Waals surface area contributed by atoms with Crippen molar-refractivity contribution in [1.82, 2.24) is 19.8 Å². The standard InChI is InChI=1S/C16H22N4O4/c1-10-12(15(23)18-11(2)17-10)6-13(21)20-5-4-16(9-20)8-19(3)14(22)7-24-16/h4-9H2,1-3H3,(H,17,18,23)/t16-/m0/s1. The lowest BCUT2D eigenvalue weighted by atomic mass is 10.0. The Morgan fingerprint density at radius 2 is 2.08 bits per heavy atom. The third-order valence-corrected chi connectivity index (χ3v) is 4.79. The summed E-state index contributed by atoms with van der Waals surface area (Å²) in [5, 5.41) is 0. The minimum Gasteiger partial charge on any atom is -0.361 e. The van der Waals surface area contributed by atoms with Crippen molar-refractivity contribution in [1.29, 1.82) is 0 Å². The van der Waals surface area contributed by atoms with Crippen LogP contribution in [0.5, 0.6) is 0 Å². The zero-order chi connectivity index (χ0) is 17.5. The Hall–Kier alpha value is -2.22. The zero-order valence-electron chi connectivity index (χ0n) is 14.2. The fourth-order valence-corrected chi connectivity index (χ4v) is 3.42. The number of rotatable bonds is 2. The van der Waals surface area contributed by atoms with E-state index in [1.54, 1.807) is 30.7 Å². The van der Waals surface area contributed by atoms with Crippen molar-refractivity contribution >= 4 is 11.8 Å². The summed E-state index contributed by atoms with van der Waals surface area (Å²) in [5.41, 5.74) is 0.244. The van der Waals surface area contributed by atoms with Crippen LogP contribution < -0.4 is 5.56 Å². The first kappa shape index (κ1) is 16.6. The van der Waals surface area contributed by atoms with E-state index in [1.807, 2.05) is 0 Å². The molecule has 0 saturated carbocycles. The van der Waals surface area contributed by atoms with Gasteiger partial charge in [0.1, 0.15) is 18.0 Å². The number of morpholine rings is 1. The maximum Gasteiger partial charge on any atom is 0.254 e. The number of aromatic amines is 1. The second kappa shape index (κ2) is 6.01. The molecule has 1 atom stereocenters. The van der Waals surface area contributed by atoms with Crippen LogP contribution in [-0.2, 0) is 20.7 Å². The number of carbonyl (C=O) groups is 2. The average Bonchev–Trinajstić information content (AvgIpc) is 2.91. The smallest absolute Gasteiger partial charge is 0.254 e. The first-order valence-corrected chi connectivity index (χ1v) is 8.02. The molecule has 0 aliphatic carbocycles. The lowest BCUT2D eigenvalue weighted by Crippen LogP contribution is -2.54. The summed E-state index contributed by atoms with van der Waals surface area (Å²) < 4.78 is 5.74. The normalized spacial score (nSPS) is 24.0. The van der Waals surface area contributed by atoms with E-state index in [2.05, 4.69) is 9.97 Å². The number of H-pyrrole nitrogens is 1. The Morgan fingerprint density at radius 3 is 2.75 bits per heavy atom. The molecule has 2 aliphatic rings. The number of carbonyl (C=O) groups excluding carboxylic acids is 2. The fraction of sp³-hybridized carbons (Fsp3) is 0.625. The van der Waals surface area contributed by atoms with Gasteiger partial charge in [-0.15, -0.1) is 0 Å². The zero-order valence-corrected chi connectivity index (χ0v) is 14.2. The number of nitrogens with zero attached hydrogens (tertiary/aromatic N) is 3. The summed E-state index contributed by atoms with van der Waals surface area (Å²) in [7, 11) is 1.75. The molecule has 1 N–H and O–H groups in total. The van der Waals surface area contributed by atoms with Crippen molar-refractivity contribution in [2.45, 2.75) is 32.3 Å². The summed E-state index contributed by atoms with van der Waals surface area (Å²) in [5.74, 6) is 0.379. The van der Waals surface area contributed by atoms with Crippen molar-refractivity contribution in [3.05, 3.63) is 27.4 Å². The van der Waals surface area contributed by atoms with Crippen molar-refractivity contribution < 1.29 is 14.3 Å². The second-order valence-corrected chi connectivity index (χ2v) is 6.68. The Bertz CT molecular complexity index is 744. The lowest BCUT2D eigenvalue weighted by molar-refractivity contribution is -0.159. The van der Waals surface area contributed by atoms with E-state index >= 15 is 0 Å². The molecular formula is C16H22N4O4. The van der Waals surface area contributed by atoms with Gasteiger partial charge < -0.3 is 19.5 Å². The lowest BCUT2D eigenvalue weighted by Gasteiger charge is -2.38. The van der Waals surface area contributed by atoms with E-state index in [0.717, 1.165) is 0 Å². The number of aryl methyl sites for hydroxylation is 2. The number of aromatic nitrogens is 2. The first-order chi connectivity index (χ1) is 11.3. The Kier molecular flexibility index (Phi) is 4.16. The molecule has 8 heteroatoms. The van der Waals surface area contributed by atoms with Crippen molar-refractivity contribution in [3.8, 4) is 0 Å². The molecular weight excluding hydrogens is 312 g/mol. The third kappa shape index (κ3) is 3.06. The highest BCUT2D eigenvalue weighted by Gasteiger charge is 2.45. The Balaban J connectivity index is 1.70. The summed E-state index contributed by atoms with van der Waals surface area (Å²) in [6, 6.07) is 0. The fourth-order valence-electron chi connectivity index (χ4n) is 3.42. The number of likely N-dealkylation sites (N-methyl/N-ethyl adjacent to an activating group) is 1. The van der Waals surface area contributed by atoms with E-state index in [-0.39, 0.29) is 30.4 Å². The molecule has 1 spiro atoms. The second-order valence-electron chi connectivity index (χ2n) is 6.68. The predicted molar refractivity (Wildman–Crippen MR) is 85.6 cm³/mol. The number of hydrogen-bond donors (Lipinski definition) is 1. The van der Waals surface area contributed by atoms with Crippen LogP contribution in [0.4, 0.5) is 0 Å². The van der Waals surface area contributed by atoms with Gasteiger partial charge in [0, 0.05) is 24.8 Å². The average molecular weight is 334 g/mol. The van der Waals surface area contributed by atoms with Crippen LogP contribution in [0.3, 0.4) is 0 Å². The summed E-state index contributed by atoms with van der Waals surface area (Å²) in [4.78, 5) is 46.4. The number of likely N-dealkylation sites (tertiary alicyclic amines) is 1. The molecule has 8 nitrogen and oxygen atoms in total. The molecule has 0 aromatic carbocycles. The number of amides is 2. The minimum absolute atomic E-state index is 0.0271. The van der Waals surface area contributed by atoms with Crippen LogP contribution in [0.1, 0.15) is 23.5 Å². The number of ether oxygens (including phenoxy) is 1. The first-order valence-electron chi connectivity index (χ1n) is 8.02. The molecule has 24 heavy (non-hydrogen) atoms. The highest BCUT2D eigenvalue weighted by atomic mass is 16.5. The molecule has 0 radical (unpaired) electrons. The molecule has 130 valence electrons. The van der Waals surface area contributed by atoms with Gasteiger partial charge >= 0.3 is 0 Å². The quantitative estimate of drug-likeness (QED) is 0.778. The van der Waals surface area contributed by atoms with Crippen molar-refractivity contribution in [2.75, 3.05) is 33.3 Å². The van der Waals surface area contributed by atoms with Gasteiger partial charge in [0.15, 0.2) is 0 Å². The molecule has 2 saturated heterocycles. The molecule has 1 aromatic heterocycles. The van der Waals surface area contributed by atoms with Crippen LogP contribution in [0.25, 0.3) is 0 Å². The van der Waals surface area contributed by atoms with Gasteiger partial charge in [-0.1, -0.05) is 0 Å². The summed E-state index contributed by atoms with van der Waals surface area (Å²) >= 11 is 0. The van der Waals surface area contributed by atoms with Crippen LogP contribution in [0.15, 0.2) is 4.79 Å². The van der Waals surface area contributed by atoms with Gasteiger partial charge in [-0.05, 0) is 20.3 Å². The molecule has 0 bridgehead atoms. The van der Waals surface area contributed by atoms with E-state index < -0.39 is 5.60 Å². The van der Waals surface area contributed by atoms with Crippen molar-refractivity contribution in [2.24, 2.45) is 0 Å². The molecule has 2 aliphatic heterocycles. The molecule has 2 fully saturated rings. The van der Waals surface area contributed by atoms with Crippen molar-refractivity contribution in [3.63, 3.8) is 0 Å². The van der Waals surface area contributed by atoms with E-state index in [9.17, 15) is 14.4 Å². The van der Waals surface area contributed by atoms with Gasteiger partial charge in [0.2, 0.25) is 11.8 Å². The van der Waals surface area contributed by atoms with Crippen LogP contribution >= 0.6 is 0 Å². The maximum atomic E-state index is 12.6. The molecule has 1 aromatic rings. The van der Waals surface area contributed by atoms with Crippen LogP contribution in [-0.4, -0.2) is 70.5 Å². The predicted octanol–water partition coefficient (Wildman–Crippen LogP) is -0.611. The monoisotopic (exact) mass is 334 g/mol. The van der Waals surface area contributed by atoms with Gasteiger partial charge in [0.25, 0.3) is 5.56 Å². The topological polar surface area (TPSA) is 95.6 Å². The van der Waals surface area contributed by atoms with Gasteiger partial charge in [-0.3, -0.25) is 14.4 Å². The number of nitrogens with one attached hydrogen (secondary N) is 1.